The monoisotopic (exact) mass is 270 g/mol. The summed E-state index contributed by atoms with van der Waals surface area (Å²) >= 11 is 0. The Hall–Kier alpha value is -1.01. The molecule has 0 aliphatic rings. The van der Waals surface area contributed by atoms with Gasteiger partial charge in [-0.1, -0.05) is 12.1 Å². The van der Waals surface area contributed by atoms with Gasteiger partial charge in [0.05, 0.1) is 13.2 Å². The second kappa shape index (κ2) is 8.98. The molecule has 0 amide bonds. The minimum atomic E-state index is -0.236. The third kappa shape index (κ3) is 5.24. The molecule has 0 saturated heterocycles. The topological polar surface area (TPSA) is 47.7 Å². The van der Waals surface area contributed by atoms with Gasteiger partial charge in [-0.2, -0.15) is 0 Å². The van der Waals surface area contributed by atoms with Crippen LogP contribution in [0.5, 0.6) is 0 Å². The van der Waals surface area contributed by atoms with E-state index in [2.05, 4.69) is 4.90 Å². The van der Waals surface area contributed by atoms with Crippen molar-refractivity contribution in [3.8, 4) is 0 Å². The van der Waals surface area contributed by atoms with Crippen molar-refractivity contribution in [2.24, 2.45) is 5.73 Å². The molecule has 5 heteroatoms. The Morgan fingerprint density at radius 2 is 1.63 bits per heavy atom. The maximum atomic E-state index is 13.0. The van der Waals surface area contributed by atoms with Gasteiger partial charge in [-0.15, -0.1) is 0 Å². The standard InChI is InChI=1S/C14H23FN2O2/c1-18-9-7-17(8-10-19-2)14(11-16)12-3-5-13(15)6-4-12/h3-6,14H,7-11,16H2,1-2H3. The quantitative estimate of drug-likeness (QED) is 0.737. The molecule has 0 radical (unpaired) electrons. The van der Waals surface area contributed by atoms with Crippen LogP contribution in [-0.4, -0.2) is 52.0 Å². The SMILES string of the molecule is COCCN(CCOC)C(CN)c1ccc(F)cc1. The van der Waals surface area contributed by atoms with Crippen LogP contribution in [0.3, 0.4) is 0 Å². The van der Waals surface area contributed by atoms with Crippen molar-refractivity contribution < 1.29 is 13.9 Å². The second-order valence-corrected chi connectivity index (χ2v) is 4.32. The lowest BCUT2D eigenvalue weighted by atomic mass is 10.1. The molecule has 0 heterocycles. The highest BCUT2D eigenvalue weighted by atomic mass is 19.1. The van der Waals surface area contributed by atoms with Gasteiger partial charge in [0.15, 0.2) is 0 Å². The van der Waals surface area contributed by atoms with Crippen molar-refractivity contribution in [3.63, 3.8) is 0 Å². The second-order valence-electron chi connectivity index (χ2n) is 4.32. The summed E-state index contributed by atoms with van der Waals surface area (Å²) in [7, 11) is 3.34. The summed E-state index contributed by atoms with van der Waals surface area (Å²) in [6.45, 7) is 3.25. The fourth-order valence-corrected chi connectivity index (χ4v) is 2.02. The number of rotatable bonds is 9. The summed E-state index contributed by atoms with van der Waals surface area (Å²) in [5.41, 5.74) is 6.88. The Balaban J connectivity index is 2.78. The number of halogens is 1. The highest BCUT2D eigenvalue weighted by molar-refractivity contribution is 5.20. The summed E-state index contributed by atoms with van der Waals surface area (Å²) in [4.78, 5) is 2.19. The number of ether oxygens (including phenoxy) is 2. The summed E-state index contributed by atoms with van der Waals surface area (Å²) < 4.78 is 23.2. The largest absolute Gasteiger partial charge is 0.383 e. The Morgan fingerprint density at radius 1 is 1.11 bits per heavy atom. The van der Waals surface area contributed by atoms with Gasteiger partial charge in [0.25, 0.3) is 0 Å². The van der Waals surface area contributed by atoms with Crippen LogP contribution < -0.4 is 5.73 Å². The molecule has 108 valence electrons. The molecule has 1 unspecified atom stereocenters. The number of nitrogens with zero attached hydrogens (tertiary/aromatic N) is 1. The molecule has 1 rings (SSSR count). The van der Waals surface area contributed by atoms with Crippen LogP contribution in [0, 0.1) is 5.82 Å². The molecule has 0 aromatic heterocycles. The summed E-state index contributed by atoms with van der Waals surface area (Å²) in [5, 5.41) is 0. The van der Waals surface area contributed by atoms with E-state index in [-0.39, 0.29) is 11.9 Å². The molecule has 0 fully saturated rings. The lowest BCUT2D eigenvalue weighted by molar-refractivity contribution is 0.0891. The highest BCUT2D eigenvalue weighted by Crippen LogP contribution is 2.19. The van der Waals surface area contributed by atoms with Gasteiger partial charge >= 0.3 is 0 Å². The van der Waals surface area contributed by atoms with Gasteiger partial charge in [-0.25, -0.2) is 4.39 Å². The molecule has 0 aliphatic carbocycles. The molecule has 1 aromatic rings. The van der Waals surface area contributed by atoms with Crippen molar-refractivity contribution >= 4 is 0 Å². The zero-order chi connectivity index (χ0) is 14.1. The van der Waals surface area contributed by atoms with Crippen molar-refractivity contribution in [1.82, 2.24) is 4.90 Å². The molecule has 0 saturated carbocycles. The Bertz CT molecular complexity index is 338. The zero-order valence-electron chi connectivity index (χ0n) is 11.6. The Morgan fingerprint density at radius 3 is 2.05 bits per heavy atom. The lowest BCUT2D eigenvalue weighted by Gasteiger charge is -2.30. The maximum absolute atomic E-state index is 13.0. The van der Waals surface area contributed by atoms with Gasteiger partial charge < -0.3 is 15.2 Å². The lowest BCUT2D eigenvalue weighted by Crippen LogP contribution is -2.38. The minimum Gasteiger partial charge on any atom is -0.383 e. The molecule has 0 spiro atoms. The summed E-state index contributed by atoms with van der Waals surface area (Å²) in [6.07, 6.45) is 0. The molecule has 1 atom stereocenters. The predicted octanol–water partition coefficient (Wildman–Crippen LogP) is 1.42. The van der Waals surface area contributed by atoms with Crippen molar-refractivity contribution in [1.29, 1.82) is 0 Å². The third-order valence-electron chi connectivity index (χ3n) is 3.08. The molecule has 4 nitrogen and oxygen atoms in total. The van der Waals surface area contributed by atoms with Crippen molar-refractivity contribution in [2.45, 2.75) is 6.04 Å². The minimum absolute atomic E-state index is 0.0471. The van der Waals surface area contributed by atoms with Crippen LogP contribution in [0.15, 0.2) is 24.3 Å². The smallest absolute Gasteiger partial charge is 0.123 e. The number of hydrogen-bond acceptors (Lipinski definition) is 4. The van der Waals surface area contributed by atoms with Gasteiger partial charge in [0.2, 0.25) is 0 Å². The van der Waals surface area contributed by atoms with E-state index in [9.17, 15) is 4.39 Å². The molecular weight excluding hydrogens is 247 g/mol. The third-order valence-corrected chi connectivity index (χ3v) is 3.08. The first-order valence-corrected chi connectivity index (χ1v) is 6.40. The molecule has 1 aromatic carbocycles. The molecule has 19 heavy (non-hydrogen) atoms. The first kappa shape index (κ1) is 16.0. The van der Waals surface area contributed by atoms with E-state index in [0.29, 0.717) is 19.8 Å². The zero-order valence-corrected chi connectivity index (χ0v) is 11.6. The highest BCUT2D eigenvalue weighted by Gasteiger charge is 2.18. The van der Waals surface area contributed by atoms with Crippen LogP contribution in [0.25, 0.3) is 0 Å². The van der Waals surface area contributed by atoms with Gasteiger partial charge in [0.1, 0.15) is 5.82 Å². The van der Waals surface area contributed by atoms with E-state index in [4.69, 9.17) is 15.2 Å². The van der Waals surface area contributed by atoms with E-state index >= 15 is 0 Å². The number of benzene rings is 1. The van der Waals surface area contributed by atoms with E-state index in [1.165, 1.54) is 12.1 Å². The summed E-state index contributed by atoms with van der Waals surface area (Å²) in [6, 6.07) is 6.52. The molecule has 0 aliphatic heterocycles. The van der Waals surface area contributed by atoms with E-state index < -0.39 is 0 Å². The predicted molar refractivity (Wildman–Crippen MR) is 73.5 cm³/mol. The van der Waals surface area contributed by atoms with Gasteiger partial charge in [0, 0.05) is 39.9 Å². The molecule has 2 N–H and O–H groups in total. The number of methoxy groups -OCH3 is 2. The van der Waals surface area contributed by atoms with Gasteiger partial charge in [-0.3, -0.25) is 4.90 Å². The number of hydrogen-bond donors (Lipinski definition) is 1. The van der Waals surface area contributed by atoms with Gasteiger partial charge in [-0.05, 0) is 17.7 Å². The number of nitrogens with two attached hydrogens (primary N) is 1. The fraction of sp³-hybridized carbons (Fsp3) is 0.571. The van der Waals surface area contributed by atoms with Crippen LogP contribution in [0.1, 0.15) is 11.6 Å². The molecular formula is C14H23FN2O2. The van der Waals surface area contributed by atoms with Crippen LogP contribution in [0.2, 0.25) is 0 Å². The van der Waals surface area contributed by atoms with Crippen molar-refractivity contribution in [3.05, 3.63) is 35.6 Å². The normalized spacial score (nSPS) is 12.9. The average Bonchev–Trinajstić information content (AvgIpc) is 2.43. The van der Waals surface area contributed by atoms with E-state index in [1.807, 2.05) is 0 Å². The molecule has 0 bridgehead atoms. The van der Waals surface area contributed by atoms with Crippen LogP contribution >= 0.6 is 0 Å². The van der Waals surface area contributed by atoms with E-state index in [1.54, 1.807) is 26.4 Å². The van der Waals surface area contributed by atoms with Crippen molar-refractivity contribution in [2.75, 3.05) is 47.1 Å². The van der Waals surface area contributed by atoms with Crippen LogP contribution in [-0.2, 0) is 9.47 Å². The summed E-state index contributed by atoms with van der Waals surface area (Å²) in [5.74, 6) is -0.236. The Kier molecular flexibility index (Phi) is 7.59. The Labute approximate surface area is 114 Å². The average molecular weight is 270 g/mol. The first-order valence-electron chi connectivity index (χ1n) is 6.40. The maximum Gasteiger partial charge on any atom is 0.123 e. The fourth-order valence-electron chi connectivity index (χ4n) is 2.02. The van der Waals surface area contributed by atoms with Crippen LogP contribution in [0.4, 0.5) is 4.39 Å². The first-order chi connectivity index (χ1) is 9.22. The van der Waals surface area contributed by atoms with E-state index in [0.717, 1.165) is 18.7 Å².